The molecule has 1 aromatic carbocycles. The summed E-state index contributed by atoms with van der Waals surface area (Å²) in [5.41, 5.74) is 3.06. The Labute approximate surface area is 110 Å². The molecule has 0 aliphatic carbocycles. The lowest BCUT2D eigenvalue weighted by atomic mass is 10.1. The highest BCUT2D eigenvalue weighted by atomic mass is 16.1. The molecule has 0 fully saturated rings. The molecule has 0 spiro atoms. The minimum absolute atomic E-state index is 0.572. The molecule has 0 N–H and O–H groups in total. The van der Waals surface area contributed by atoms with Crippen LogP contribution >= 0.6 is 0 Å². The van der Waals surface area contributed by atoms with E-state index in [0.29, 0.717) is 11.3 Å². The molecule has 4 nitrogen and oxygen atoms in total. The maximum Gasteiger partial charge on any atom is 0.153 e. The van der Waals surface area contributed by atoms with Crippen LogP contribution in [0.25, 0.3) is 16.9 Å². The van der Waals surface area contributed by atoms with Gasteiger partial charge in [-0.1, -0.05) is 30.3 Å². The summed E-state index contributed by atoms with van der Waals surface area (Å²) in [6.07, 6.45) is 5.94. The van der Waals surface area contributed by atoms with Crippen LogP contribution in [-0.4, -0.2) is 21.1 Å². The first kappa shape index (κ1) is 11.3. The first-order valence-electron chi connectivity index (χ1n) is 5.89. The maximum absolute atomic E-state index is 11.2. The van der Waals surface area contributed by atoms with Crippen LogP contribution in [0.5, 0.6) is 0 Å². The van der Waals surface area contributed by atoms with Crippen molar-refractivity contribution in [1.29, 1.82) is 0 Å². The van der Waals surface area contributed by atoms with E-state index in [1.165, 1.54) is 0 Å². The fourth-order valence-electron chi connectivity index (χ4n) is 1.92. The minimum Gasteiger partial charge on any atom is -0.298 e. The summed E-state index contributed by atoms with van der Waals surface area (Å²) >= 11 is 0. The van der Waals surface area contributed by atoms with Gasteiger partial charge in [-0.2, -0.15) is 5.10 Å². The van der Waals surface area contributed by atoms with Gasteiger partial charge in [0.2, 0.25) is 0 Å². The summed E-state index contributed by atoms with van der Waals surface area (Å²) in [5.74, 6) is 0. The molecule has 3 aromatic rings. The number of carbonyl (C=O) groups excluding carboxylic acids is 1. The van der Waals surface area contributed by atoms with Gasteiger partial charge in [0.05, 0.1) is 11.3 Å². The molecule has 0 bridgehead atoms. The predicted molar refractivity (Wildman–Crippen MR) is 72.2 cm³/mol. The van der Waals surface area contributed by atoms with E-state index in [0.717, 1.165) is 17.5 Å². The van der Waals surface area contributed by atoms with E-state index in [2.05, 4.69) is 10.1 Å². The Bertz CT molecular complexity index is 690. The Morgan fingerprint density at radius 2 is 1.74 bits per heavy atom. The van der Waals surface area contributed by atoms with E-state index >= 15 is 0 Å². The van der Waals surface area contributed by atoms with Crippen molar-refractivity contribution >= 4 is 6.29 Å². The lowest BCUT2D eigenvalue weighted by Gasteiger charge is -1.99. The van der Waals surface area contributed by atoms with Crippen LogP contribution < -0.4 is 0 Å². The quantitative estimate of drug-likeness (QED) is 0.670. The lowest BCUT2D eigenvalue weighted by molar-refractivity contribution is 0.112. The SMILES string of the molecule is O=Cc1cn(-c2ccncc2)nc1-c1ccccc1. The van der Waals surface area contributed by atoms with Gasteiger partial charge in [-0.25, -0.2) is 4.68 Å². The molecule has 0 saturated heterocycles. The van der Waals surface area contributed by atoms with Crippen LogP contribution in [-0.2, 0) is 0 Å². The lowest BCUT2D eigenvalue weighted by Crippen LogP contribution is -1.94. The number of benzene rings is 1. The summed E-state index contributed by atoms with van der Waals surface area (Å²) < 4.78 is 1.69. The largest absolute Gasteiger partial charge is 0.298 e. The van der Waals surface area contributed by atoms with Crippen LogP contribution in [0.4, 0.5) is 0 Å². The van der Waals surface area contributed by atoms with Gasteiger partial charge < -0.3 is 0 Å². The zero-order valence-electron chi connectivity index (χ0n) is 10.1. The Balaban J connectivity index is 2.12. The molecule has 2 heterocycles. The van der Waals surface area contributed by atoms with Crippen molar-refractivity contribution in [3.63, 3.8) is 0 Å². The number of hydrogen-bond acceptors (Lipinski definition) is 3. The van der Waals surface area contributed by atoms with Crippen LogP contribution in [0.2, 0.25) is 0 Å². The number of hydrogen-bond donors (Lipinski definition) is 0. The van der Waals surface area contributed by atoms with Crippen molar-refractivity contribution in [2.24, 2.45) is 0 Å². The molecule has 0 atom stereocenters. The number of nitrogens with zero attached hydrogens (tertiary/aromatic N) is 3. The van der Waals surface area contributed by atoms with Crippen molar-refractivity contribution in [2.45, 2.75) is 0 Å². The number of pyridine rings is 1. The van der Waals surface area contributed by atoms with Gasteiger partial charge in [0, 0.05) is 24.2 Å². The van der Waals surface area contributed by atoms with Crippen molar-refractivity contribution in [3.05, 3.63) is 66.6 Å². The van der Waals surface area contributed by atoms with E-state index in [1.807, 2.05) is 42.5 Å². The summed E-state index contributed by atoms with van der Waals surface area (Å²) in [7, 11) is 0. The normalized spacial score (nSPS) is 10.3. The van der Waals surface area contributed by atoms with Crippen LogP contribution in [0, 0.1) is 0 Å². The summed E-state index contributed by atoms with van der Waals surface area (Å²) in [4.78, 5) is 15.1. The van der Waals surface area contributed by atoms with E-state index in [-0.39, 0.29) is 0 Å². The molecule has 19 heavy (non-hydrogen) atoms. The minimum atomic E-state index is 0.572. The van der Waals surface area contributed by atoms with E-state index in [9.17, 15) is 4.79 Å². The van der Waals surface area contributed by atoms with E-state index < -0.39 is 0 Å². The van der Waals surface area contributed by atoms with Crippen LogP contribution in [0.1, 0.15) is 10.4 Å². The molecule has 0 radical (unpaired) electrons. The highest BCUT2D eigenvalue weighted by molar-refractivity contribution is 5.85. The average Bonchev–Trinajstić information content (AvgIpc) is 2.93. The molecular formula is C15H11N3O. The monoisotopic (exact) mass is 249 g/mol. The Kier molecular flexibility index (Phi) is 2.90. The molecule has 0 aliphatic heterocycles. The summed E-state index contributed by atoms with van der Waals surface area (Å²) in [5, 5.41) is 4.48. The number of aldehydes is 1. The summed E-state index contributed by atoms with van der Waals surface area (Å²) in [6, 6.07) is 13.3. The smallest absolute Gasteiger partial charge is 0.153 e. The molecule has 4 heteroatoms. The Morgan fingerprint density at radius 1 is 1.00 bits per heavy atom. The van der Waals surface area contributed by atoms with Gasteiger partial charge in [-0.3, -0.25) is 9.78 Å². The van der Waals surface area contributed by atoms with Crippen LogP contribution in [0.15, 0.2) is 61.1 Å². The van der Waals surface area contributed by atoms with Crippen LogP contribution in [0.3, 0.4) is 0 Å². The summed E-state index contributed by atoms with van der Waals surface area (Å²) in [6.45, 7) is 0. The third-order valence-corrected chi connectivity index (χ3v) is 2.84. The highest BCUT2D eigenvalue weighted by Crippen LogP contribution is 2.21. The van der Waals surface area contributed by atoms with Crippen molar-refractivity contribution in [2.75, 3.05) is 0 Å². The molecule has 0 saturated carbocycles. The second-order valence-corrected chi connectivity index (χ2v) is 4.07. The molecule has 0 amide bonds. The number of carbonyl (C=O) groups is 1. The fourth-order valence-corrected chi connectivity index (χ4v) is 1.92. The van der Waals surface area contributed by atoms with Gasteiger partial charge in [-0.05, 0) is 12.1 Å². The third-order valence-electron chi connectivity index (χ3n) is 2.84. The zero-order chi connectivity index (χ0) is 13.1. The van der Waals surface area contributed by atoms with Crippen molar-refractivity contribution < 1.29 is 4.79 Å². The molecule has 2 aromatic heterocycles. The van der Waals surface area contributed by atoms with Gasteiger partial charge in [-0.15, -0.1) is 0 Å². The molecule has 0 aliphatic rings. The highest BCUT2D eigenvalue weighted by Gasteiger charge is 2.10. The fraction of sp³-hybridized carbons (Fsp3) is 0. The van der Waals surface area contributed by atoms with Gasteiger partial charge in [0.25, 0.3) is 0 Å². The first-order valence-corrected chi connectivity index (χ1v) is 5.89. The number of aromatic nitrogens is 3. The van der Waals surface area contributed by atoms with Crippen molar-refractivity contribution in [3.8, 4) is 16.9 Å². The van der Waals surface area contributed by atoms with Gasteiger partial charge in [0.1, 0.15) is 5.69 Å². The van der Waals surface area contributed by atoms with Crippen molar-refractivity contribution in [1.82, 2.24) is 14.8 Å². The zero-order valence-corrected chi connectivity index (χ0v) is 10.1. The molecule has 92 valence electrons. The second kappa shape index (κ2) is 4.86. The molecular weight excluding hydrogens is 238 g/mol. The Morgan fingerprint density at radius 3 is 2.42 bits per heavy atom. The molecule has 0 unspecified atom stereocenters. The first-order chi connectivity index (χ1) is 9.38. The third kappa shape index (κ3) is 2.15. The second-order valence-electron chi connectivity index (χ2n) is 4.07. The maximum atomic E-state index is 11.2. The average molecular weight is 249 g/mol. The van der Waals surface area contributed by atoms with Gasteiger partial charge in [0.15, 0.2) is 6.29 Å². The topological polar surface area (TPSA) is 47.8 Å². The van der Waals surface area contributed by atoms with Gasteiger partial charge >= 0.3 is 0 Å². The predicted octanol–water partition coefficient (Wildman–Crippen LogP) is 2.75. The van der Waals surface area contributed by atoms with E-state index in [1.54, 1.807) is 23.3 Å². The standard InChI is InChI=1S/C15H11N3O/c19-11-13-10-18(14-6-8-16-9-7-14)17-15(13)12-4-2-1-3-5-12/h1-11H. The van der Waals surface area contributed by atoms with E-state index in [4.69, 9.17) is 0 Å². The Hall–Kier alpha value is -2.75. The molecule has 3 rings (SSSR count). The number of rotatable bonds is 3.